The lowest BCUT2D eigenvalue weighted by Gasteiger charge is -2.39. The van der Waals surface area contributed by atoms with Crippen LogP contribution in [0.3, 0.4) is 0 Å². The van der Waals surface area contributed by atoms with Crippen molar-refractivity contribution in [2.75, 3.05) is 33.5 Å². The summed E-state index contributed by atoms with van der Waals surface area (Å²) in [5.41, 5.74) is 1.33. The average Bonchev–Trinajstić information content (AvgIpc) is 3.06. The van der Waals surface area contributed by atoms with Gasteiger partial charge >= 0.3 is 5.97 Å². The number of hydrogen-bond acceptors (Lipinski definition) is 5. The highest BCUT2D eigenvalue weighted by atomic mass is 16.6. The molecule has 1 fully saturated rings. The third-order valence-electron chi connectivity index (χ3n) is 4.35. The van der Waals surface area contributed by atoms with Gasteiger partial charge < -0.3 is 18.8 Å². The van der Waals surface area contributed by atoms with Crippen molar-refractivity contribution in [3.63, 3.8) is 0 Å². The lowest BCUT2D eigenvalue weighted by atomic mass is 9.88. The van der Waals surface area contributed by atoms with Crippen LogP contribution in [0.25, 0.3) is 0 Å². The molecule has 2 aromatic rings. The van der Waals surface area contributed by atoms with Crippen LogP contribution in [0.1, 0.15) is 29.0 Å². The number of ether oxygens (including phenoxy) is 3. The number of carbonyl (C=O) groups excluding carboxylic acids is 1. The summed E-state index contributed by atoms with van der Waals surface area (Å²) in [4.78, 5) is 16.6. The first-order valence-corrected chi connectivity index (χ1v) is 7.96. The van der Waals surface area contributed by atoms with Crippen molar-refractivity contribution >= 4 is 5.97 Å². The second-order valence-corrected chi connectivity index (χ2v) is 6.27. The predicted octanol–water partition coefficient (Wildman–Crippen LogP) is 2.31. The largest absolute Gasteiger partial charge is 0.460 e. The van der Waals surface area contributed by atoms with Gasteiger partial charge in [-0.2, -0.15) is 0 Å². The van der Waals surface area contributed by atoms with Crippen LogP contribution in [-0.4, -0.2) is 49.1 Å². The molecule has 24 heavy (non-hydrogen) atoms. The van der Waals surface area contributed by atoms with Gasteiger partial charge in [0, 0.05) is 7.11 Å². The van der Waals surface area contributed by atoms with E-state index in [9.17, 15) is 4.79 Å². The number of carbonyl (C=O) groups is 1. The van der Waals surface area contributed by atoms with Gasteiger partial charge in [-0.1, -0.05) is 30.3 Å². The lowest BCUT2D eigenvalue weighted by molar-refractivity contribution is -0.164. The first-order valence-electron chi connectivity index (χ1n) is 7.96. The van der Waals surface area contributed by atoms with Gasteiger partial charge in [0.1, 0.15) is 12.3 Å². The van der Waals surface area contributed by atoms with Crippen molar-refractivity contribution in [3.05, 3.63) is 54.1 Å². The quantitative estimate of drug-likeness (QED) is 0.729. The minimum atomic E-state index is -0.377. The van der Waals surface area contributed by atoms with Crippen molar-refractivity contribution in [3.8, 4) is 0 Å². The van der Waals surface area contributed by atoms with Crippen molar-refractivity contribution in [1.29, 1.82) is 0 Å². The summed E-state index contributed by atoms with van der Waals surface area (Å²) in [5, 5.41) is 0. The highest BCUT2D eigenvalue weighted by Gasteiger charge is 2.40. The normalized spacial score (nSPS) is 17.1. The molecule has 0 N–H and O–H groups in total. The number of imidazole rings is 1. The molecule has 0 aliphatic carbocycles. The van der Waals surface area contributed by atoms with Crippen molar-refractivity contribution in [2.45, 2.75) is 13.0 Å². The van der Waals surface area contributed by atoms with E-state index in [1.165, 1.54) is 0 Å². The highest BCUT2D eigenvalue weighted by molar-refractivity contribution is 5.87. The molecule has 1 aromatic carbocycles. The molecule has 0 amide bonds. The van der Waals surface area contributed by atoms with Gasteiger partial charge in [-0.05, 0) is 12.5 Å². The summed E-state index contributed by atoms with van der Waals surface area (Å²) in [6.07, 6.45) is 3.20. The van der Waals surface area contributed by atoms with Crippen molar-refractivity contribution in [2.24, 2.45) is 5.41 Å². The maximum atomic E-state index is 12.5. The number of aromatic nitrogens is 2. The smallest absolute Gasteiger partial charge is 0.356 e. The van der Waals surface area contributed by atoms with Crippen molar-refractivity contribution < 1.29 is 19.0 Å². The summed E-state index contributed by atoms with van der Waals surface area (Å²) in [6, 6.07) is 9.97. The summed E-state index contributed by atoms with van der Waals surface area (Å²) in [7, 11) is 1.64. The van der Waals surface area contributed by atoms with Gasteiger partial charge in [0.05, 0.1) is 43.8 Å². The van der Waals surface area contributed by atoms with Crippen LogP contribution in [0.2, 0.25) is 0 Å². The van der Waals surface area contributed by atoms with Crippen molar-refractivity contribution in [1.82, 2.24) is 9.55 Å². The van der Waals surface area contributed by atoms with Crippen LogP contribution >= 0.6 is 0 Å². The van der Waals surface area contributed by atoms with Gasteiger partial charge in [0.25, 0.3) is 0 Å². The number of rotatable bonds is 7. The van der Waals surface area contributed by atoms with Crippen LogP contribution in [0.15, 0.2) is 42.9 Å². The zero-order valence-electron chi connectivity index (χ0n) is 14.0. The fourth-order valence-electron chi connectivity index (χ4n) is 2.86. The zero-order valence-corrected chi connectivity index (χ0v) is 14.0. The standard InChI is InChI=1S/C18H22N2O4/c1-14(15-6-4-3-5-7-15)20-13-19-8-16(20)17(21)24-12-18(9-22-2)10-23-11-18/h3-8,13-14H,9-12H2,1-2H3/t14-/m1/s1. The molecule has 1 saturated heterocycles. The Hall–Kier alpha value is -2.18. The maximum absolute atomic E-state index is 12.5. The number of nitrogens with zero attached hydrogens (tertiary/aromatic N) is 2. The molecule has 0 unspecified atom stereocenters. The van der Waals surface area contributed by atoms with E-state index < -0.39 is 0 Å². The average molecular weight is 330 g/mol. The monoisotopic (exact) mass is 330 g/mol. The minimum Gasteiger partial charge on any atom is -0.460 e. The third-order valence-corrected chi connectivity index (χ3v) is 4.35. The van der Waals surface area contributed by atoms with E-state index in [-0.39, 0.29) is 24.0 Å². The first-order chi connectivity index (χ1) is 11.7. The van der Waals surface area contributed by atoms with E-state index in [2.05, 4.69) is 4.98 Å². The molecular formula is C18H22N2O4. The Balaban J connectivity index is 1.69. The van der Waals surface area contributed by atoms with Gasteiger partial charge in [-0.3, -0.25) is 0 Å². The number of esters is 1. The van der Waals surface area contributed by atoms with E-state index in [4.69, 9.17) is 14.2 Å². The highest BCUT2D eigenvalue weighted by Crippen LogP contribution is 2.28. The zero-order chi connectivity index (χ0) is 17.0. The van der Waals surface area contributed by atoms with Crippen LogP contribution < -0.4 is 0 Å². The van der Waals surface area contributed by atoms with E-state index in [1.54, 1.807) is 19.6 Å². The second-order valence-electron chi connectivity index (χ2n) is 6.27. The summed E-state index contributed by atoms with van der Waals surface area (Å²) < 4.78 is 17.8. The molecule has 3 rings (SSSR count). The Morgan fingerprint density at radius 2 is 2.08 bits per heavy atom. The maximum Gasteiger partial charge on any atom is 0.356 e. The third kappa shape index (κ3) is 3.34. The molecule has 1 atom stereocenters. The van der Waals surface area contributed by atoms with E-state index in [1.807, 2.05) is 41.8 Å². The molecule has 0 radical (unpaired) electrons. The lowest BCUT2D eigenvalue weighted by Crippen LogP contribution is -2.50. The first kappa shape index (κ1) is 16.7. The topological polar surface area (TPSA) is 62.6 Å². The Morgan fingerprint density at radius 1 is 1.33 bits per heavy atom. The Morgan fingerprint density at radius 3 is 2.71 bits per heavy atom. The second kappa shape index (κ2) is 7.15. The van der Waals surface area contributed by atoms with Crippen LogP contribution in [0, 0.1) is 5.41 Å². The molecule has 0 bridgehead atoms. The summed E-state index contributed by atoms with van der Waals surface area (Å²) in [5.74, 6) is -0.377. The molecule has 2 heterocycles. The Kier molecular flexibility index (Phi) is 4.97. The number of benzene rings is 1. The van der Waals surface area contributed by atoms with Gasteiger partial charge in [-0.25, -0.2) is 9.78 Å². The molecule has 6 nitrogen and oxygen atoms in total. The summed E-state index contributed by atoms with van der Waals surface area (Å²) in [6.45, 7) is 3.92. The van der Waals surface area contributed by atoms with Gasteiger partial charge in [0.2, 0.25) is 0 Å². The fraction of sp³-hybridized carbons (Fsp3) is 0.444. The molecule has 1 aliphatic heterocycles. The molecule has 128 valence electrons. The van der Waals surface area contributed by atoms with Crippen LogP contribution in [0.4, 0.5) is 0 Å². The number of hydrogen-bond donors (Lipinski definition) is 0. The molecule has 0 spiro atoms. The van der Waals surface area contributed by atoms with Crippen LogP contribution in [0.5, 0.6) is 0 Å². The predicted molar refractivity (Wildman–Crippen MR) is 87.9 cm³/mol. The number of methoxy groups -OCH3 is 1. The molecule has 1 aromatic heterocycles. The molecule has 1 aliphatic rings. The van der Waals surface area contributed by atoms with E-state index in [0.717, 1.165) is 5.56 Å². The summed E-state index contributed by atoms with van der Waals surface area (Å²) >= 11 is 0. The van der Waals surface area contributed by atoms with Gasteiger partial charge in [-0.15, -0.1) is 0 Å². The van der Waals surface area contributed by atoms with E-state index in [0.29, 0.717) is 25.5 Å². The fourth-order valence-corrected chi connectivity index (χ4v) is 2.86. The van der Waals surface area contributed by atoms with Crippen LogP contribution in [-0.2, 0) is 14.2 Å². The minimum absolute atomic E-state index is 0.00350. The molecule has 6 heteroatoms. The van der Waals surface area contributed by atoms with Gasteiger partial charge in [0.15, 0.2) is 0 Å². The van der Waals surface area contributed by atoms with E-state index >= 15 is 0 Å². The SMILES string of the molecule is COCC1(COC(=O)c2cncn2[C@H](C)c2ccccc2)COC1. The Bertz CT molecular complexity index is 679. The molecule has 0 saturated carbocycles. The molecular weight excluding hydrogens is 308 g/mol. The Labute approximate surface area is 141 Å².